The fourth-order valence-corrected chi connectivity index (χ4v) is 3.98. The second kappa shape index (κ2) is 6.01. The van der Waals surface area contributed by atoms with E-state index in [9.17, 15) is 4.79 Å². The number of carbonyl (C=O) groups is 1. The van der Waals surface area contributed by atoms with Crippen molar-refractivity contribution in [2.45, 2.75) is 37.7 Å². The number of piperidine rings is 1. The zero-order valence-corrected chi connectivity index (χ0v) is 12.8. The molecule has 3 fully saturated rings. The van der Waals surface area contributed by atoms with E-state index >= 15 is 0 Å². The van der Waals surface area contributed by atoms with Gasteiger partial charge in [-0.15, -0.1) is 0 Å². The summed E-state index contributed by atoms with van der Waals surface area (Å²) in [7, 11) is 0. The first-order chi connectivity index (χ1) is 10.8. The maximum Gasteiger partial charge on any atom is 0.257 e. The number of carbonyl (C=O) groups excluding carboxylic acids is 1. The summed E-state index contributed by atoms with van der Waals surface area (Å²) in [6.07, 6.45) is 6.23. The molecule has 0 bridgehead atoms. The van der Waals surface area contributed by atoms with Crippen molar-refractivity contribution in [1.82, 2.24) is 15.1 Å². The number of ether oxygens (including phenoxy) is 2. The molecule has 22 heavy (non-hydrogen) atoms. The molecule has 1 N–H and O–H groups in total. The lowest BCUT2D eigenvalue weighted by Crippen LogP contribution is -2.48. The number of nitrogens with zero attached hydrogens (tertiary/aromatic N) is 2. The van der Waals surface area contributed by atoms with Crippen LogP contribution in [0.2, 0.25) is 0 Å². The molecule has 0 spiro atoms. The summed E-state index contributed by atoms with van der Waals surface area (Å²) in [5, 5.41) is 7.13. The Hall–Kier alpha value is -1.40. The summed E-state index contributed by atoms with van der Waals surface area (Å²) in [6, 6.07) is 0. The number of rotatable bonds is 2. The van der Waals surface area contributed by atoms with E-state index in [0.29, 0.717) is 18.6 Å². The van der Waals surface area contributed by atoms with Gasteiger partial charge < -0.3 is 14.4 Å². The van der Waals surface area contributed by atoms with Crippen LogP contribution in [0.25, 0.3) is 0 Å². The van der Waals surface area contributed by atoms with E-state index in [1.807, 2.05) is 4.90 Å². The number of amides is 1. The molecular weight excluding hydrogens is 282 g/mol. The van der Waals surface area contributed by atoms with Crippen molar-refractivity contribution in [1.29, 1.82) is 0 Å². The third-order valence-corrected chi connectivity index (χ3v) is 5.24. The maximum absolute atomic E-state index is 12.9. The van der Waals surface area contributed by atoms with E-state index in [2.05, 4.69) is 10.2 Å². The fraction of sp³-hybridized carbons (Fsp3) is 0.750. The van der Waals surface area contributed by atoms with Gasteiger partial charge in [-0.1, -0.05) is 0 Å². The predicted molar refractivity (Wildman–Crippen MR) is 79.7 cm³/mol. The van der Waals surface area contributed by atoms with Gasteiger partial charge in [-0.05, 0) is 25.7 Å². The number of aromatic amines is 1. The number of nitrogens with one attached hydrogen (secondary N) is 1. The maximum atomic E-state index is 12.9. The lowest BCUT2D eigenvalue weighted by atomic mass is 9.88. The molecule has 1 aromatic heterocycles. The van der Waals surface area contributed by atoms with Crippen LogP contribution in [0.5, 0.6) is 0 Å². The van der Waals surface area contributed by atoms with Crippen LogP contribution in [0.15, 0.2) is 6.20 Å². The molecule has 0 radical (unpaired) electrons. The van der Waals surface area contributed by atoms with Crippen molar-refractivity contribution in [2.75, 3.05) is 32.9 Å². The minimum Gasteiger partial charge on any atom is -0.381 e. The topological polar surface area (TPSA) is 67.5 Å². The van der Waals surface area contributed by atoms with Crippen molar-refractivity contribution >= 4 is 5.91 Å². The van der Waals surface area contributed by atoms with Crippen molar-refractivity contribution in [3.05, 3.63) is 17.5 Å². The molecular formula is C16H23N3O3. The number of H-pyrrole nitrogens is 1. The van der Waals surface area contributed by atoms with Gasteiger partial charge in [0.2, 0.25) is 0 Å². The van der Waals surface area contributed by atoms with Crippen molar-refractivity contribution < 1.29 is 14.3 Å². The first-order valence-corrected chi connectivity index (χ1v) is 8.35. The van der Waals surface area contributed by atoms with Crippen LogP contribution in [0, 0.1) is 5.92 Å². The number of hydrogen-bond donors (Lipinski definition) is 1. The molecule has 4 rings (SSSR count). The Morgan fingerprint density at radius 2 is 2.27 bits per heavy atom. The van der Waals surface area contributed by atoms with Gasteiger partial charge in [-0.3, -0.25) is 9.89 Å². The summed E-state index contributed by atoms with van der Waals surface area (Å²) in [6.45, 7) is 3.92. The lowest BCUT2D eigenvalue weighted by molar-refractivity contribution is -0.0607. The molecule has 6 heteroatoms. The third kappa shape index (κ3) is 2.54. The molecule has 120 valence electrons. The van der Waals surface area contributed by atoms with Gasteiger partial charge in [-0.2, -0.15) is 5.10 Å². The van der Waals surface area contributed by atoms with E-state index in [0.717, 1.165) is 56.8 Å². The Morgan fingerprint density at radius 3 is 3.14 bits per heavy atom. The average molecular weight is 305 g/mol. The van der Waals surface area contributed by atoms with Gasteiger partial charge in [0.1, 0.15) is 0 Å². The summed E-state index contributed by atoms with van der Waals surface area (Å²) in [4.78, 5) is 14.9. The van der Waals surface area contributed by atoms with Crippen molar-refractivity contribution in [3.63, 3.8) is 0 Å². The van der Waals surface area contributed by atoms with E-state index in [1.165, 1.54) is 6.42 Å². The quantitative estimate of drug-likeness (QED) is 0.900. The fourth-order valence-electron chi connectivity index (χ4n) is 3.98. The minimum atomic E-state index is 0.111. The molecule has 6 nitrogen and oxygen atoms in total. The molecule has 3 atom stereocenters. The smallest absolute Gasteiger partial charge is 0.257 e. The highest BCUT2D eigenvalue weighted by Gasteiger charge is 2.35. The van der Waals surface area contributed by atoms with Gasteiger partial charge in [0.05, 0.1) is 30.2 Å². The van der Waals surface area contributed by atoms with Gasteiger partial charge >= 0.3 is 0 Å². The molecule has 0 aromatic carbocycles. The van der Waals surface area contributed by atoms with Gasteiger partial charge in [0, 0.05) is 38.1 Å². The van der Waals surface area contributed by atoms with Crippen molar-refractivity contribution in [3.8, 4) is 0 Å². The molecule has 0 saturated carbocycles. The third-order valence-electron chi connectivity index (χ3n) is 5.24. The Balaban J connectivity index is 1.49. The molecule has 1 aromatic rings. The highest BCUT2D eigenvalue weighted by Crippen LogP contribution is 2.31. The van der Waals surface area contributed by atoms with Gasteiger partial charge in [0.15, 0.2) is 0 Å². The summed E-state index contributed by atoms with van der Waals surface area (Å²) in [5.41, 5.74) is 1.68. The summed E-state index contributed by atoms with van der Waals surface area (Å²) < 4.78 is 11.3. The van der Waals surface area contributed by atoms with E-state index in [4.69, 9.17) is 9.47 Å². The zero-order valence-electron chi connectivity index (χ0n) is 12.8. The highest BCUT2D eigenvalue weighted by molar-refractivity contribution is 5.95. The normalized spacial score (nSPS) is 32.0. The van der Waals surface area contributed by atoms with Crippen LogP contribution in [0.4, 0.5) is 0 Å². The van der Waals surface area contributed by atoms with Crippen LogP contribution in [0.1, 0.15) is 47.7 Å². The molecule has 4 heterocycles. The van der Waals surface area contributed by atoms with E-state index in [1.54, 1.807) is 6.20 Å². The monoisotopic (exact) mass is 305 g/mol. The molecule has 0 aliphatic carbocycles. The largest absolute Gasteiger partial charge is 0.381 e. The second-order valence-corrected chi connectivity index (χ2v) is 6.61. The number of likely N-dealkylation sites (tertiary alicyclic amines) is 1. The standard InChI is InChI=1S/C16H23N3O3/c20-16(13-8-17-18-15(13)12-4-7-21-10-12)19-5-3-14-11(9-19)2-1-6-22-14/h8,11-12,14H,1-7,9-10H2,(H,17,18)/t11-,12-,14+/m1/s1. The number of hydrogen-bond acceptors (Lipinski definition) is 4. The Bertz CT molecular complexity index is 538. The van der Waals surface area contributed by atoms with Crippen LogP contribution in [-0.2, 0) is 9.47 Å². The highest BCUT2D eigenvalue weighted by atomic mass is 16.5. The minimum absolute atomic E-state index is 0.111. The Labute approximate surface area is 130 Å². The molecule has 3 aliphatic heterocycles. The zero-order chi connectivity index (χ0) is 14.9. The Kier molecular flexibility index (Phi) is 3.88. The van der Waals surface area contributed by atoms with Crippen LogP contribution >= 0.6 is 0 Å². The summed E-state index contributed by atoms with van der Waals surface area (Å²) >= 11 is 0. The predicted octanol–water partition coefficient (Wildman–Crippen LogP) is 1.55. The number of fused-ring (bicyclic) bond motifs is 1. The molecule has 3 aliphatic rings. The number of aromatic nitrogens is 2. The van der Waals surface area contributed by atoms with Crippen LogP contribution in [0.3, 0.4) is 0 Å². The van der Waals surface area contributed by atoms with Crippen molar-refractivity contribution in [2.24, 2.45) is 5.92 Å². The first-order valence-electron chi connectivity index (χ1n) is 8.35. The lowest BCUT2D eigenvalue weighted by Gasteiger charge is -2.41. The second-order valence-electron chi connectivity index (χ2n) is 6.61. The van der Waals surface area contributed by atoms with Crippen LogP contribution in [-0.4, -0.2) is 60.0 Å². The Morgan fingerprint density at radius 1 is 1.32 bits per heavy atom. The van der Waals surface area contributed by atoms with E-state index in [-0.39, 0.29) is 11.8 Å². The summed E-state index contributed by atoms with van der Waals surface area (Å²) in [5.74, 6) is 0.883. The molecule has 0 unspecified atom stereocenters. The SMILES string of the molecule is O=C(c1cn[nH]c1[C@@H]1CCOC1)N1CC[C@@H]2OCCC[C@@H]2C1. The molecule has 1 amide bonds. The van der Waals surface area contributed by atoms with Crippen LogP contribution < -0.4 is 0 Å². The van der Waals surface area contributed by atoms with Gasteiger partial charge in [-0.25, -0.2) is 0 Å². The first kappa shape index (κ1) is 14.2. The van der Waals surface area contributed by atoms with Gasteiger partial charge in [0.25, 0.3) is 5.91 Å². The molecule has 3 saturated heterocycles. The average Bonchev–Trinajstić information content (AvgIpc) is 3.24. The van der Waals surface area contributed by atoms with E-state index < -0.39 is 0 Å².